The minimum Gasteiger partial charge on any atom is -0.492 e. The number of anilines is 1. The molecule has 0 saturated heterocycles. The van der Waals surface area contributed by atoms with Crippen molar-refractivity contribution in [2.45, 2.75) is 20.4 Å². The second-order valence-corrected chi connectivity index (χ2v) is 4.59. The first-order chi connectivity index (χ1) is 9.72. The predicted octanol–water partition coefficient (Wildman–Crippen LogP) is 3.88. The van der Waals surface area contributed by atoms with Crippen molar-refractivity contribution in [1.29, 1.82) is 5.26 Å². The molecule has 3 heteroatoms. The molecule has 0 heterocycles. The van der Waals surface area contributed by atoms with Gasteiger partial charge in [-0.05, 0) is 49.2 Å². The molecular formula is C17H18N2O. The van der Waals surface area contributed by atoms with Crippen molar-refractivity contribution in [2.24, 2.45) is 0 Å². The number of ether oxygens (including phenoxy) is 1. The van der Waals surface area contributed by atoms with E-state index in [1.54, 1.807) is 0 Å². The molecule has 0 spiro atoms. The highest BCUT2D eigenvalue weighted by atomic mass is 16.5. The average Bonchev–Trinajstić information content (AvgIpc) is 2.47. The molecule has 0 aliphatic carbocycles. The molecule has 0 aromatic heterocycles. The van der Waals surface area contributed by atoms with Gasteiger partial charge in [0.05, 0.1) is 23.9 Å². The fourth-order valence-corrected chi connectivity index (χ4v) is 1.94. The number of hydrogen-bond donors (Lipinski definition) is 1. The lowest BCUT2D eigenvalue weighted by atomic mass is 10.1. The molecular weight excluding hydrogens is 248 g/mol. The summed E-state index contributed by atoms with van der Waals surface area (Å²) in [6.45, 7) is 5.38. The predicted molar refractivity (Wildman–Crippen MR) is 80.8 cm³/mol. The zero-order chi connectivity index (χ0) is 14.4. The summed E-state index contributed by atoms with van der Waals surface area (Å²) in [5.74, 6) is 0.876. The second-order valence-electron chi connectivity index (χ2n) is 4.59. The van der Waals surface area contributed by atoms with E-state index in [0.29, 0.717) is 18.7 Å². The van der Waals surface area contributed by atoms with Crippen molar-refractivity contribution in [1.82, 2.24) is 0 Å². The fraction of sp³-hybridized carbons (Fsp3) is 0.235. The number of nitriles is 1. The molecule has 2 rings (SSSR count). The first-order valence-corrected chi connectivity index (χ1v) is 6.69. The van der Waals surface area contributed by atoms with Crippen molar-refractivity contribution in [3.8, 4) is 11.8 Å². The van der Waals surface area contributed by atoms with Gasteiger partial charge in [-0.25, -0.2) is 0 Å². The Kier molecular flexibility index (Phi) is 4.62. The van der Waals surface area contributed by atoms with Gasteiger partial charge in [-0.1, -0.05) is 18.2 Å². The Morgan fingerprint density at radius 3 is 2.55 bits per heavy atom. The molecule has 0 unspecified atom stereocenters. The van der Waals surface area contributed by atoms with Gasteiger partial charge in [0.1, 0.15) is 5.75 Å². The Balaban J connectivity index is 2.08. The van der Waals surface area contributed by atoms with Crippen molar-refractivity contribution >= 4 is 5.69 Å². The summed E-state index contributed by atoms with van der Waals surface area (Å²) in [4.78, 5) is 0. The molecule has 0 aliphatic heterocycles. The van der Waals surface area contributed by atoms with Gasteiger partial charge in [-0.15, -0.1) is 0 Å². The van der Waals surface area contributed by atoms with Crippen LogP contribution in [-0.2, 0) is 6.54 Å². The van der Waals surface area contributed by atoms with Crippen molar-refractivity contribution in [3.05, 3.63) is 59.2 Å². The molecule has 2 aromatic carbocycles. The van der Waals surface area contributed by atoms with Crippen LogP contribution in [0.25, 0.3) is 0 Å². The Hall–Kier alpha value is -2.47. The van der Waals surface area contributed by atoms with E-state index < -0.39 is 0 Å². The number of rotatable bonds is 5. The maximum atomic E-state index is 8.78. The molecule has 0 saturated carbocycles. The highest BCUT2D eigenvalue weighted by Crippen LogP contribution is 2.26. The van der Waals surface area contributed by atoms with Gasteiger partial charge >= 0.3 is 0 Å². The van der Waals surface area contributed by atoms with Gasteiger partial charge in [0.15, 0.2) is 0 Å². The maximum Gasteiger partial charge on any atom is 0.142 e. The smallest absolute Gasteiger partial charge is 0.142 e. The summed E-state index contributed by atoms with van der Waals surface area (Å²) in [6, 6.07) is 15.8. The molecule has 0 atom stereocenters. The molecule has 102 valence electrons. The van der Waals surface area contributed by atoms with Crippen molar-refractivity contribution < 1.29 is 4.74 Å². The standard InChI is InChI=1S/C17H18N2O/c1-3-20-17-10-13(2)4-9-16(17)19-12-15-7-5-14(11-18)6-8-15/h4-10,19H,3,12H2,1-2H3. The Morgan fingerprint density at radius 1 is 1.15 bits per heavy atom. The Morgan fingerprint density at radius 2 is 1.90 bits per heavy atom. The summed E-state index contributed by atoms with van der Waals surface area (Å²) in [7, 11) is 0. The lowest BCUT2D eigenvalue weighted by molar-refractivity contribution is 0.341. The van der Waals surface area contributed by atoms with E-state index in [4.69, 9.17) is 10.00 Å². The van der Waals surface area contributed by atoms with Crippen LogP contribution in [0.15, 0.2) is 42.5 Å². The first-order valence-electron chi connectivity index (χ1n) is 6.69. The molecule has 0 aliphatic rings. The summed E-state index contributed by atoms with van der Waals surface area (Å²) < 4.78 is 5.64. The highest BCUT2D eigenvalue weighted by molar-refractivity contribution is 5.58. The first kappa shape index (κ1) is 14.0. The van der Waals surface area contributed by atoms with Crippen LogP contribution in [0.1, 0.15) is 23.6 Å². The van der Waals surface area contributed by atoms with Gasteiger partial charge in [-0.3, -0.25) is 0 Å². The monoisotopic (exact) mass is 266 g/mol. The molecule has 3 nitrogen and oxygen atoms in total. The number of nitrogens with zero attached hydrogens (tertiary/aromatic N) is 1. The summed E-state index contributed by atoms with van der Waals surface area (Å²) >= 11 is 0. The van der Waals surface area contributed by atoms with Gasteiger partial charge in [-0.2, -0.15) is 5.26 Å². The lowest BCUT2D eigenvalue weighted by Crippen LogP contribution is -2.03. The third-order valence-electron chi connectivity index (χ3n) is 3.00. The van der Waals surface area contributed by atoms with Crippen LogP contribution in [0.4, 0.5) is 5.69 Å². The van der Waals surface area contributed by atoms with E-state index in [1.165, 1.54) is 5.56 Å². The summed E-state index contributed by atoms with van der Waals surface area (Å²) in [5, 5.41) is 12.1. The van der Waals surface area contributed by atoms with Crippen LogP contribution in [0.5, 0.6) is 5.75 Å². The minimum absolute atomic E-state index is 0.648. The van der Waals surface area contributed by atoms with Crippen molar-refractivity contribution in [3.63, 3.8) is 0 Å². The molecule has 0 fully saturated rings. The SMILES string of the molecule is CCOc1cc(C)ccc1NCc1ccc(C#N)cc1. The molecule has 0 radical (unpaired) electrons. The number of aryl methyl sites for hydroxylation is 1. The molecule has 2 aromatic rings. The number of nitrogens with one attached hydrogen (secondary N) is 1. The van der Waals surface area contributed by atoms with E-state index in [1.807, 2.05) is 50.2 Å². The number of hydrogen-bond acceptors (Lipinski definition) is 3. The quantitative estimate of drug-likeness (QED) is 0.893. The van der Waals surface area contributed by atoms with Crippen LogP contribution in [0.3, 0.4) is 0 Å². The second kappa shape index (κ2) is 6.63. The van der Waals surface area contributed by atoms with Gasteiger partial charge < -0.3 is 10.1 Å². The number of benzene rings is 2. The van der Waals surface area contributed by atoms with Gasteiger partial charge in [0.2, 0.25) is 0 Å². The van der Waals surface area contributed by atoms with Gasteiger partial charge in [0, 0.05) is 6.54 Å². The topological polar surface area (TPSA) is 45.0 Å². The summed E-state index contributed by atoms with van der Waals surface area (Å²) in [5.41, 5.74) is 3.98. The van der Waals surface area contributed by atoms with Gasteiger partial charge in [0.25, 0.3) is 0 Å². The Labute approximate surface area is 119 Å². The molecule has 1 N–H and O–H groups in total. The normalized spacial score (nSPS) is 9.85. The largest absolute Gasteiger partial charge is 0.492 e. The fourth-order valence-electron chi connectivity index (χ4n) is 1.94. The third kappa shape index (κ3) is 3.52. The van der Waals surface area contributed by atoms with E-state index in [0.717, 1.165) is 17.0 Å². The minimum atomic E-state index is 0.648. The van der Waals surface area contributed by atoms with E-state index in [2.05, 4.69) is 17.5 Å². The third-order valence-corrected chi connectivity index (χ3v) is 3.00. The van der Waals surface area contributed by atoms with Crippen LogP contribution in [-0.4, -0.2) is 6.61 Å². The van der Waals surface area contributed by atoms with E-state index >= 15 is 0 Å². The molecule has 0 amide bonds. The zero-order valence-corrected chi connectivity index (χ0v) is 11.8. The maximum absolute atomic E-state index is 8.78. The average molecular weight is 266 g/mol. The van der Waals surface area contributed by atoms with Crippen LogP contribution in [0.2, 0.25) is 0 Å². The summed E-state index contributed by atoms with van der Waals surface area (Å²) in [6.07, 6.45) is 0. The van der Waals surface area contributed by atoms with Crippen molar-refractivity contribution in [2.75, 3.05) is 11.9 Å². The molecule has 20 heavy (non-hydrogen) atoms. The van der Waals surface area contributed by atoms with E-state index in [9.17, 15) is 0 Å². The van der Waals surface area contributed by atoms with Crippen LogP contribution >= 0.6 is 0 Å². The van der Waals surface area contributed by atoms with Crippen LogP contribution in [0, 0.1) is 18.3 Å². The van der Waals surface area contributed by atoms with E-state index in [-0.39, 0.29) is 0 Å². The highest BCUT2D eigenvalue weighted by Gasteiger charge is 2.03. The van der Waals surface area contributed by atoms with Crippen LogP contribution < -0.4 is 10.1 Å². The zero-order valence-electron chi connectivity index (χ0n) is 11.8. The molecule has 0 bridgehead atoms. The Bertz CT molecular complexity index is 612. The lowest BCUT2D eigenvalue weighted by Gasteiger charge is -2.13.